The molecule has 3 rings (SSSR count). The van der Waals surface area contributed by atoms with E-state index in [0.29, 0.717) is 6.04 Å². The van der Waals surface area contributed by atoms with Crippen molar-refractivity contribution in [2.75, 3.05) is 6.54 Å². The summed E-state index contributed by atoms with van der Waals surface area (Å²) in [6, 6.07) is 1.27. The number of rotatable bonds is 2. The van der Waals surface area contributed by atoms with Crippen molar-refractivity contribution in [1.82, 2.24) is 4.90 Å². The van der Waals surface area contributed by atoms with E-state index in [-0.39, 0.29) is 6.10 Å². The number of hydrogen-bond acceptors (Lipinski definition) is 2. The van der Waals surface area contributed by atoms with Crippen LogP contribution in [0.25, 0.3) is 0 Å². The highest BCUT2D eigenvalue weighted by Crippen LogP contribution is 2.41. The molecule has 0 spiro atoms. The number of likely N-dealkylation sites (tertiary alicyclic amines) is 1. The number of fused-ring (bicyclic) bond motifs is 1. The second-order valence-corrected chi connectivity index (χ2v) is 7.59. The van der Waals surface area contributed by atoms with Crippen LogP contribution in [0.2, 0.25) is 0 Å². The van der Waals surface area contributed by atoms with Crippen molar-refractivity contribution in [1.29, 1.82) is 0 Å². The first kappa shape index (κ1) is 13.9. The molecule has 1 aliphatic heterocycles. The van der Waals surface area contributed by atoms with Crippen molar-refractivity contribution in [2.24, 2.45) is 17.8 Å². The van der Waals surface area contributed by atoms with Gasteiger partial charge in [0.15, 0.2) is 0 Å². The average Bonchev–Trinajstić information content (AvgIpc) is 2.83. The highest BCUT2D eigenvalue weighted by Gasteiger charge is 2.43. The summed E-state index contributed by atoms with van der Waals surface area (Å²) < 4.78 is 0. The lowest BCUT2D eigenvalue weighted by molar-refractivity contribution is -0.0179. The molecular weight excluding hydrogens is 234 g/mol. The van der Waals surface area contributed by atoms with Crippen LogP contribution < -0.4 is 0 Å². The van der Waals surface area contributed by atoms with Crippen molar-refractivity contribution in [3.63, 3.8) is 0 Å². The third-order valence-electron chi connectivity index (χ3n) is 6.24. The van der Waals surface area contributed by atoms with Crippen LogP contribution >= 0.6 is 0 Å². The van der Waals surface area contributed by atoms with E-state index in [1.807, 2.05) is 0 Å². The number of nitrogens with zero attached hydrogens (tertiary/aromatic N) is 1. The van der Waals surface area contributed by atoms with Gasteiger partial charge in [0.05, 0.1) is 6.10 Å². The molecule has 0 aromatic rings. The molecule has 2 heteroatoms. The molecule has 0 bridgehead atoms. The Morgan fingerprint density at radius 2 is 1.74 bits per heavy atom. The Bertz CT molecular complexity index is 304. The van der Waals surface area contributed by atoms with E-state index in [1.165, 1.54) is 51.5 Å². The van der Waals surface area contributed by atoms with E-state index in [0.717, 1.165) is 30.2 Å². The maximum atomic E-state index is 10.5. The summed E-state index contributed by atoms with van der Waals surface area (Å²) in [7, 11) is 0. The summed E-state index contributed by atoms with van der Waals surface area (Å²) in [5.41, 5.74) is 0. The van der Waals surface area contributed by atoms with E-state index in [4.69, 9.17) is 0 Å². The molecule has 5 atom stereocenters. The van der Waals surface area contributed by atoms with Crippen LogP contribution in [0.3, 0.4) is 0 Å². The molecule has 0 aromatic heterocycles. The smallest absolute Gasteiger partial charge is 0.0695 e. The van der Waals surface area contributed by atoms with Gasteiger partial charge in [-0.3, -0.25) is 4.90 Å². The van der Waals surface area contributed by atoms with Gasteiger partial charge in [0, 0.05) is 12.1 Å². The summed E-state index contributed by atoms with van der Waals surface area (Å²) >= 11 is 0. The minimum absolute atomic E-state index is 0.0596. The van der Waals surface area contributed by atoms with Crippen LogP contribution in [0.5, 0.6) is 0 Å². The predicted octanol–water partition coefficient (Wildman–Crippen LogP) is 3.44. The standard InChI is InChI=1S/C17H31NO/c1-12(2)14-7-8-17(19)16(11-14)18-10-9-13-5-3-4-6-15(13)18/h12-17,19H,3-11H2,1-2H3. The molecule has 0 aromatic carbocycles. The second-order valence-electron chi connectivity index (χ2n) is 7.59. The van der Waals surface area contributed by atoms with Gasteiger partial charge in [0.2, 0.25) is 0 Å². The maximum absolute atomic E-state index is 10.5. The van der Waals surface area contributed by atoms with Crippen molar-refractivity contribution in [2.45, 2.75) is 83.4 Å². The van der Waals surface area contributed by atoms with Crippen LogP contribution in [0.4, 0.5) is 0 Å². The molecule has 110 valence electrons. The normalized spacial score (nSPS) is 44.5. The van der Waals surface area contributed by atoms with E-state index in [9.17, 15) is 5.11 Å². The fourth-order valence-electron chi connectivity index (χ4n) is 4.98. The van der Waals surface area contributed by atoms with Crippen molar-refractivity contribution in [3.8, 4) is 0 Å². The first-order valence-electron chi connectivity index (χ1n) is 8.60. The summed E-state index contributed by atoms with van der Waals surface area (Å²) in [4.78, 5) is 2.73. The first-order valence-corrected chi connectivity index (χ1v) is 8.60. The van der Waals surface area contributed by atoms with Crippen molar-refractivity contribution >= 4 is 0 Å². The monoisotopic (exact) mass is 265 g/mol. The summed E-state index contributed by atoms with van der Waals surface area (Å²) in [5.74, 6) is 2.55. The quantitative estimate of drug-likeness (QED) is 0.827. The number of aliphatic hydroxyl groups is 1. The van der Waals surface area contributed by atoms with E-state index in [1.54, 1.807) is 0 Å². The van der Waals surface area contributed by atoms with Gasteiger partial charge < -0.3 is 5.11 Å². The molecule has 0 radical (unpaired) electrons. The van der Waals surface area contributed by atoms with Crippen molar-refractivity contribution in [3.05, 3.63) is 0 Å². The van der Waals surface area contributed by atoms with Gasteiger partial charge in [-0.25, -0.2) is 0 Å². The van der Waals surface area contributed by atoms with Gasteiger partial charge >= 0.3 is 0 Å². The summed E-state index contributed by atoms with van der Waals surface area (Å²) in [6.45, 7) is 5.96. The van der Waals surface area contributed by atoms with Gasteiger partial charge in [-0.05, 0) is 62.8 Å². The van der Waals surface area contributed by atoms with Gasteiger partial charge in [0.1, 0.15) is 0 Å². The Morgan fingerprint density at radius 1 is 0.947 bits per heavy atom. The largest absolute Gasteiger partial charge is 0.391 e. The van der Waals surface area contributed by atoms with Crippen LogP contribution in [0, 0.1) is 17.8 Å². The fourth-order valence-corrected chi connectivity index (χ4v) is 4.98. The maximum Gasteiger partial charge on any atom is 0.0695 e. The lowest BCUT2D eigenvalue weighted by atomic mass is 9.76. The van der Waals surface area contributed by atoms with Crippen LogP contribution in [-0.2, 0) is 0 Å². The topological polar surface area (TPSA) is 23.5 Å². The van der Waals surface area contributed by atoms with Crippen molar-refractivity contribution < 1.29 is 5.11 Å². The SMILES string of the molecule is CC(C)C1CCC(O)C(N2CCC3CCCCC32)C1. The van der Waals surface area contributed by atoms with Crippen LogP contribution in [0.15, 0.2) is 0 Å². The summed E-state index contributed by atoms with van der Waals surface area (Å²) in [5, 5.41) is 10.5. The molecule has 2 aliphatic carbocycles. The Kier molecular flexibility index (Phi) is 4.19. The molecule has 1 heterocycles. The lowest BCUT2D eigenvalue weighted by Gasteiger charge is -2.44. The molecule has 2 nitrogen and oxygen atoms in total. The molecule has 3 aliphatic rings. The number of aliphatic hydroxyl groups excluding tert-OH is 1. The zero-order chi connectivity index (χ0) is 13.4. The Morgan fingerprint density at radius 3 is 2.53 bits per heavy atom. The van der Waals surface area contributed by atoms with E-state index >= 15 is 0 Å². The second kappa shape index (κ2) is 5.73. The van der Waals surface area contributed by atoms with E-state index in [2.05, 4.69) is 18.7 Å². The van der Waals surface area contributed by atoms with Gasteiger partial charge in [-0.15, -0.1) is 0 Å². The molecule has 1 N–H and O–H groups in total. The third kappa shape index (κ3) is 2.71. The minimum Gasteiger partial charge on any atom is -0.391 e. The highest BCUT2D eigenvalue weighted by molar-refractivity contribution is 4.97. The molecule has 0 amide bonds. The molecule has 1 saturated heterocycles. The zero-order valence-corrected chi connectivity index (χ0v) is 12.7. The molecule has 3 fully saturated rings. The number of hydrogen-bond donors (Lipinski definition) is 1. The lowest BCUT2D eigenvalue weighted by Crippen LogP contribution is -2.51. The van der Waals surface area contributed by atoms with Gasteiger partial charge in [-0.2, -0.15) is 0 Å². The van der Waals surface area contributed by atoms with E-state index < -0.39 is 0 Å². The van der Waals surface area contributed by atoms with Gasteiger partial charge in [0.25, 0.3) is 0 Å². The summed E-state index contributed by atoms with van der Waals surface area (Å²) in [6.07, 6.45) is 10.5. The molecule has 2 saturated carbocycles. The molecule has 5 unspecified atom stereocenters. The average molecular weight is 265 g/mol. The predicted molar refractivity (Wildman–Crippen MR) is 79.0 cm³/mol. The minimum atomic E-state index is -0.0596. The van der Waals surface area contributed by atoms with Crippen LogP contribution in [-0.4, -0.2) is 34.7 Å². The zero-order valence-electron chi connectivity index (χ0n) is 12.7. The van der Waals surface area contributed by atoms with Crippen LogP contribution in [0.1, 0.15) is 65.2 Å². The first-order chi connectivity index (χ1) is 9.16. The highest BCUT2D eigenvalue weighted by atomic mass is 16.3. The molecule has 19 heavy (non-hydrogen) atoms. The van der Waals surface area contributed by atoms with Gasteiger partial charge in [-0.1, -0.05) is 26.7 Å². The Balaban J connectivity index is 1.69. The molecular formula is C17H31NO. The Labute approximate surface area is 118 Å². The fraction of sp³-hybridized carbons (Fsp3) is 1.00. The third-order valence-corrected chi connectivity index (χ3v) is 6.24. The Hall–Kier alpha value is -0.0800.